The van der Waals surface area contributed by atoms with Crippen LogP contribution in [0.25, 0.3) is 11.1 Å². The highest BCUT2D eigenvalue weighted by molar-refractivity contribution is 7.92. The molecule has 1 N–H and O–H groups in total. The molecule has 8 nitrogen and oxygen atoms in total. The van der Waals surface area contributed by atoms with Gasteiger partial charge in [0.05, 0.1) is 23.4 Å². The van der Waals surface area contributed by atoms with Crippen molar-refractivity contribution in [2.45, 2.75) is 4.90 Å². The van der Waals surface area contributed by atoms with E-state index in [0.29, 0.717) is 34.0 Å². The van der Waals surface area contributed by atoms with Crippen LogP contribution in [0.15, 0.2) is 83.9 Å². The van der Waals surface area contributed by atoms with Crippen LogP contribution in [0.3, 0.4) is 0 Å². The number of carbonyl (C=O) groups excluding carboxylic acids is 1. The molecule has 1 aromatic heterocycles. The summed E-state index contributed by atoms with van der Waals surface area (Å²) < 4.78 is 52.1. The smallest absolute Gasteiger partial charge is 0.269 e. The molecule has 5 rings (SSSR count). The number of pyridine rings is 1. The van der Waals surface area contributed by atoms with Crippen LogP contribution in [-0.4, -0.2) is 33.0 Å². The molecular formula is C26H19ClFN3O5S. The van der Waals surface area contributed by atoms with Gasteiger partial charge >= 0.3 is 0 Å². The van der Waals surface area contributed by atoms with E-state index in [9.17, 15) is 17.6 Å². The molecule has 0 spiro atoms. The third-order valence-corrected chi connectivity index (χ3v) is 7.35. The fraction of sp³-hybridized carbons (Fsp3) is 0.0769. The Morgan fingerprint density at radius 1 is 1.03 bits per heavy atom. The van der Waals surface area contributed by atoms with E-state index in [1.54, 1.807) is 54.5 Å². The molecule has 0 saturated carbocycles. The predicted molar refractivity (Wildman–Crippen MR) is 138 cm³/mol. The molecule has 0 radical (unpaired) electrons. The van der Waals surface area contributed by atoms with E-state index < -0.39 is 15.8 Å². The number of halogens is 2. The number of hydrogen-bond donors (Lipinski definition) is 1. The maximum absolute atomic E-state index is 13.2. The minimum atomic E-state index is -4.05. The second kappa shape index (κ2) is 9.72. The third kappa shape index (κ3) is 4.93. The number of nitrogens with one attached hydrogen (secondary N) is 1. The molecule has 0 atom stereocenters. The minimum absolute atomic E-state index is 0.0422. The maximum Gasteiger partial charge on any atom is 0.269 e. The van der Waals surface area contributed by atoms with Crippen LogP contribution < -0.4 is 19.1 Å². The summed E-state index contributed by atoms with van der Waals surface area (Å²) in [5, 5.41) is -0.0641. The Morgan fingerprint density at radius 3 is 2.46 bits per heavy atom. The molecule has 2 heterocycles. The van der Waals surface area contributed by atoms with E-state index in [4.69, 9.17) is 21.1 Å². The van der Waals surface area contributed by atoms with Gasteiger partial charge in [-0.15, -0.1) is 0 Å². The van der Waals surface area contributed by atoms with Crippen LogP contribution in [0.5, 0.6) is 11.5 Å². The van der Waals surface area contributed by atoms with E-state index in [1.165, 1.54) is 12.3 Å². The molecule has 11 heteroatoms. The van der Waals surface area contributed by atoms with Crippen LogP contribution in [0.4, 0.5) is 21.5 Å². The number of carbonyl (C=O) groups is 1. The fourth-order valence-electron chi connectivity index (χ4n) is 3.84. The van der Waals surface area contributed by atoms with Crippen molar-refractivity contribution in [3.05, 3.63) is 90.0 Å². The largest absolute Gasteiger partial charge is 0.497 e. The number of amides is 1. The zero-order valence-corrected chi connectivity index (χ0v) is 20.9. The molecule has 37 heavy (non-hydrogen) atoms. The molecule has 3 aromatic carbocycles. The average Bonchev–Trinajstić information content (AvgIpc) is 2.90. The van der Waals surface area contributed by atoms with Crippen molar-refractivity contribution in [1.29, 1.82) is 0 Å². The Hall–Kier alpha value is -4.15. The number of fused-ring (bicyclic) bond motifs is 1. The van der Waals surface area contributed by atoms with Gasteiger partial charge in [-0.25, -0.2) is 17.8 Å². The first kappa shape index (κ1) is 24.5. The summed E-state index contributed by atoms with van der Waals surface area (Å²) in [6.07, 6.45) is 1.49. The van der Waals surface area contributed by atoms with Crippen LogP contribution in [0.1, 0.15) is 0 Å². The Bertz CT molecular complexity index is 1600. The summed E-state index contributed by atoms with van der Waals surface area (Å²) in [5.74, 6) is 0.357. The highest BCUT2D eigenvalue weighted by Crippen LogP contribution is 2.41. The quantitative estimate of drug-likeness (QED) is 0.329. The Labute approximate surface area is 217 Å². The summed E-state index contributed by atoms with van der Waals surface area (Å²) in [6.45, 7) is -0.115. The summed E-state index contributed by atoms with van der Waals surface area (Å²) in [5.41, 5.74) is 2.37. The van der Waals surface area contributed by atoms with Crippen molar-refractivity contribution in [2.24, 2.45) is 0 Å². The second-order valence-electron chi connectivity index (χ2n) is 8.02. The van der Waals surface area contributed by atoms with Crippen molar-refractivity contribution in [3.63, 3.8) is 0 Å². The summed E-state index contributed by atoms with van der Waals surface area (Å²) in [7, 11) is -2.49. The van der Waals surface area contributed by atoms with Crippen molar-refractivity contribution < 1.29 is 27.1 Å². The first-order valence-electron chi connectivity index (χ1n) is 10.9. The van der Waals surface area contributed by atoms with Crippen LogP contribution in [0, 0.1) is 5.82 Å². The number of benzene rings is 3. The Balaban J connectivity index is 1.51. The highest BCUT2D eigenvalue weighted by atomic mass is 35.5. The lowest BCUT2D eigenvalue weighted by molar-refractivity contribution is -0.120. The Morgan fingerprint density at radius 2 is 1.76 bits per heavy atom. The summed E-state index contributed by atoms with van der Waals surface area (Å²) in [6, 6.07) is 18.2. The van der Waals surface area contributed by atoms with Crippen molar-refractivity contribution >= 4 is 44.6 Å². The van der Waals surface area contributed by atoms with Crippen LogP contribution in [-0.2, 0) is 14.8 Å². The molecule has 0 saturated heterocycles. The molecule has 0 unspecified atom stereocenters. The lowest BCUT2D eigenvalue weighted by atomic mass is 10.0. The molecule has 0 aliphatic carbocycles. The summed E-state index contributed by atoms with van der Waals surface area (Å²) in [4.78, 5) is 18.3. The average molecular weight is 540 g/mol. The number of hydrogen-bond acceptors (Lipinski definition) is 6. The van der Waals surface area contributed by atoms with E-state index in [-0.39, 0.29) is 28.3 Å². The van der Waals surface area contributed by atoms with Gasteiger partial charge < -0.3 is 9.47 Å². The molecule has 1 aliphatic rings. The van der Waals surface area contributed by atoms with Crippen molar-refractivity contribution in [3.8, 4) is 22.6 Å². The van der Waals surface area contributed by atoms with Gasteiger partial charge in [-0.2, -0.15) is 0 Å². The SMILES string of the molecule is COc1ccc(N2C(=O)COc3ccc(-c4cnc(Cl)c(NS(=O)(=O)c5ccc(F)cc5)c4)cc32)cc1. The van der Waals surface area contributed by atoms with Crippen LogP contribution in [0.2, 0.25) is 5.15 Å². The molecule has 0 fully saturated rings. The number of methoxy groups -OCH3 is 1. The lowest BCUT2D eigenvalue weighted by Crippen LogP contribution is -2.35. The van der Waals surface area contributed by atoms with Crippen LogP contribution >= 0.6 is 11.6 Å². The first-order chi connectivity index (χ1) is 17.7. The zero-order valence-electron chi connectivity index (χ0n) is 19.3. The molecular weight excluding hydrogens is 521 g/mol. The van der Waals surface area contributed by atoms with E-state index >= 15 is 0 Å². The predicted octanol–water partition coefficient (Wildman–Crippen LogP) is 5.41. The zero-order chi connectivity index (χ0) is 26.2. The van der Waals surface area contributed by atoms with Crippen molar-refractivity contribution in [2.75, 3.05) is 23.3 Å². The van der Waals surface area contributed by atoms with Gasteiger partial charge in [-0.05, 0) is 72.3 Å². The third-order valence-electron chi connectivity index (χ3n) is 5.67. The van der Waals surface area contributed by atoms with Gasteiger partial charge in [-0.1, -0.05) is 17.7 Å². The molecule has 188 valence electrons. The first-order valence-corrected chi connectivity index (χ1v) is 12.8. The monoisotopic (exact) mass is 539 g/mol. The maximum atomic E-state index is 13.2. The number of anilines is 3. The Kier molecular flexibility index (Phi) is 6.45. The van der Waals surface area contributed by atoms with Gasteiger partial charge in [0.15, 0.2) is 11.8 Å². The van der Waals surface area contributed by atoms with Gasteiger partial charge in [0.25, 0.3) is 15.9 Å². The van der Waals surface area contributed by atoms with Gasteiger partial charge in [-0.3, -0.25) is 14.4 Å². The second-order valence-corrected chi connectivity index (χ2v) is 10.1. The van der Waals surface area contributed by atoms with Gasteiger partial charge in [0.2, 0.25) is 0 Å². The topological polar surface area (TPSA) is 97.8 Å². The molecule has 1 amide bonds. The molecule has 1 aliphatic heterocycles. The minimum Gasteiger partial charge on any atom is -0.497 e. The number of sulfonamides is 1. The fourth-order valence-corrected chi connectivity index (χ4v) is 5.11. The standard InChI is InChI=1S/C26H19ClFN3O5S/c1-35-20-7-5-19(6-8-20)31-23-13-16(2-11-24(23)36-15-25(31)32)17-12-22(26(27)29-14-17)30-37(33,34)21-9-3-18(28)4-10-21/h2-14,30H,15H2,1H3. The number of rotatable bonds is 6. The van der Waals surface area contributed by atoms with E-state index in [2.05, 4.69) is 9.71 Å². The van der Waals surface area contributed by atoms with E-state index in [0.717, 1.165) is 24.3 Å². The van der Waals surface area contributed by atoms with Gasteiger partial charge in [0, 0.05) is 17.4 Å². The number of aromatic nitrogens is 1. The normalized spacial score (nSPS) is 13.1. The molecule has 4 aromatic rings. The van der Waals surface area contributed by atoms with Gasteiger partial charge in [0.1, 0.15) is 17.3 Å². The number of nitrogens with zero attached hydrogens (tertiary/aromatic N) is 2. The highest BCUT2D eigenvalue weighted by Gasteiger charge is 2.28. The summed E-state index contributed by atoms with van der Waals surface area (Å²) >= 11 is 6.18. The van der Waals surface area contributed by atoms with E-state index in [1.807, 2.05) is 0 Å². The molecule has 0 bridgehead atoms. The van der Waals surface area contributed by atoms with Crippen molar-refractivity contribution in [1.82, 2.24) is 4.98 Å². The number of ether oxygens (including phenoxy) is 2. The lowest BCUT2D eigenvalue weighted by Gasteiger charge is -2.30.